The molecule has 1 amide bonds. The Balaban J connectivity index is 4.18. The van der Waals surface area contributed by atoms with Crippen LogP contribution in [0.1, 0.15) is 33.6 Å². The zero-order valence-electron chi connectivity index (χ0n) is 8.43. The Kier molecular flexibility index (Phi) is 5.56. The van der Waals surface area contributed by atoms with E-state index in [4.69, 9.17) is 5.11 Å². The third-order valence-corrected chi connectivity index (χ3v) is 2.65. The largest absolute Gasteiger partial charge is 0.396 e. The summed E-state index contributed by atoms with van der Waals surface area (Å²) in [7, 11) is 0. The summed E-state index contributed by atoms with van der Waals surface area (Å²) >= 11 is 3.20. The van der Waals surface area contributed by atoms with Crippen LogP contribution in [-0.4, -0.2) is 28.0 Å². The first-order valence-corrected chi connectivity index (χ1v) is 5.43. The molecule has 0 radical (unpaired) electrons. The van der Waals surface area contributed by atoms with E-state index in [2.05, 4.69) is 21.2 Å². The van der Waals surface area contributed by atoms with E-state index in [0.29, 0.717) is 6.42 Å². The predicted octanol–water partition coefficient (Wildman–Crippen LogP) is 1.44. The lowest BCUT2D eigenvalue weighted by Crippen LogP contribution is -2.48. The number of nitrogens with one attached hydrogen (secondary N) is 1. The molecule has 2 unspecified atom stereocenters. The molecule has 0 fully saturated rings. The lowest BCUT2D eigenvalue weighted by atomic mass is 9.95. The molecule has 78 valence electrons. The summed E-state index contributed by atoms with van der Waals surface area (Å²) in [4.78, 5) is 11.2. The van der Waals surface area contributed by atoms with Gasteiger partial charge in [-0.25, -0.2) is 0 Å². The fourth-order valence-corrected chi connectivity index (χ4v) is 1.09. The average molecular weight is 252 g/mol. The monoisotopic (exact) mass is 251 g/mol. The minimum absolute atomic E-state index is 0.0298. The number of halogens is 1. The van der Waals surface area contributed by atoms with Crippen molar-refractivity contribution in [1.29, 1.82) is 0 Å². The quantitative estimate of drug-likeness (QED) is 0.727. The Hall–Kier alpha value is -0.0900. The number of hydrogen-bond donors (Lipinski definition) is 2. The number of carbonyl (C=O) groups excluding carboxylic acids is 1. The van der Waals surface area contributed by atoms with Crippen LogP contribution in [0, 0.1) is 0 Å². The fraction of sp³-hybridized carbons (Fsp3) is 0.889. The van der Waals surface area contributed by atoms with Gasteiger partial charge in [0.25, 0.3) is 0 Å². The summed E-state index contributed by atoms with van der Waals surface area (Å²) in [5.41, 5.74) is -0.284. The van der Waals surface area contributed by atoms with Crippen molar-refractivity contribution in [1.82, 2.24) is 5.32 Å². The molecule has 0 saturated carbocycles. The smallest absolute Gasteiger partial charge is 0.233 e. The van der Waals surface area contributed by atoms with Gasteiger partial charge in [0.1, 0.15) is 0 Å². The van der Waals surface area contributed by atoms with Gasteiger partial charge < -0.3 is 10.4 Å². The highest BCUT2D eigenvalue weighted by Gasteiger charge is 2.24. The molecule has 13 heavy (non-hydrogen) atoms. The number of rotatable bonds is 5. The van der Waals surface area contributed by atoms with Crippen molar-refractivity contribution in [2.75, 3.05) is 6.61 Å². The predicted molar refractivity (Wildman–Crippen MR) is 56.9 cm³/mol. The summed E-state index contributed by atoms with van der Waals surface area (Å²) in [6.45, 7) is 5.82. The van der Waals surface area contributed by atoms with E-state index in [0.717, 1.165) is 6.42 Å². The molecular weight excluding hydrogens is 234 g/mol. The van der Waals surface area contributed by atoms with Crippen LogP contribution < -0.4 is 5.32 Å². The van der Waals surface area contributed by atoms with Crippen molar-refractivity contribution in [2.24, 2.45) is 0 Å². The van der Waals surface area contributed by atoms with E-state index in [1.165, 1.54) is 0 Å². The topological polar surface area (TPSA) is 49.3 Å². The molecule has 0 aliphatic heterocycles. The molecule has 0 saturated heterocycles. The van der Waals surface area contributed by atoms with E-state index >= 15 is 0 Å². The van der Waals surface area contributed by atoms with Crippen LogP contribution in [0.25, 0.3) is 0 Å². The molecule has 0 aliphatic carbocycles. The highest BCUT2D eigenvalue weighted by atomic mass is 79.9. The van der Waals surface area contributed by atoms with Gasteiger partial charge in [0.05, 0.1) is 4.83 Å². The second kappa shape index (κ2) is 5.60. The molecular formula is C9H18BrNO2. The fourth-order valence-electron chi connectivity index (χ4n) is 0.971. The number of hydrogen-bond acceptors (Lipinski definition) is 2. The highest BCUT2D eigenvalue weighted by Crippen LogP contribution is 2.14. The van der Waals surface area contributed by atoms with Gasteiger partial charge in [0, 0.05) is 12.1 Å². The van der Waals surface area contributed by atoms with Gasteiger partial charge in [-0.2, -0.15) is 0 Å². The van der Waals surface area contributed by atoms with Crippen LogP contribution >= 0.6 is 15.9 Å². The molecule has 3 nitrogen and oxygen atoms in total. The zero-order valence-corrected chi connectivity index (χ0v) is 10.0. The molecule has 0 heterocycles. The average Bonchev–Trinajstić information content (AvgIpc) is 2.04. The maximum Gasteiger partial charge on any atom is 0.233 e. The molecule has 0 rings (SSSR count). The van der Waals surface area contributed by atoms with Gasteiger partial charge in [-0.15, -0.1) is 0 Å². The van der Waals surface area contributed by atoms with Crippen molar-refractivity contribution in [3.05, 3.63) is 0 Å². The van der Waals surface area contributed by atoms with E-state index in [9.17, 15) is 4.79 Å². The SMILES string of the molecule is CCC(C)(CCO)NC(=O)C(C)Br. The van der Waals surface area contributed by atoms with Crippen molar-refractivity contribution in [2.45, 2.75) is 44.0 Å². The zero-order chi connectivity index (χ0) is 10.5. The first-order chi connectivity index (χ1) is 5.95. The van der Waals surface area contributed by atoms with E-state index in [1.54, 1.807) is 6.92 Å². The number of carbonyl (C=O) groups is 1. The van der Waals surface area contributed by atoms with Crippen molar-refractivity contribution in [3.8, 4) is 0 Å². The van der Waals surface area contributed by atoms with E-state index in [1.807, 2.05) is 13.8 Å². The van der Waals surface area contributed by atoms with Gasteiger partial charge in [-0.3, -0.25) is 4.79 Å². The Labute approximate surface area is 88.0 Å². The molecule has 0 aliphatic rings. The molecule has 0 aromatic carbocycles. The first kappa shape index (κ1) is 12.9. The highest BCUT2D eigenvalue weighted by molar-refractivity contribution is 9.10. The van der Waals surface area contributed by atoms with Crippen molar-refractivity contribution in [3.63, 3.8) is 0 Å². The van der Waals surface area contributed by atoms with E-state index < -0.39 is 0 Å². The molecule has 0 spiro atoms. The van der Waals surface area contributed by atoms with Gasteiger partial charge >= 0.3 is 0 Å². The second-order valence-corrected chi connectivity index (χ2v) is 4.87. The number of aliphatic hydroxyl groups is 1. The van der Waals surface area contributed by atoms with Gasteiger partial charge in [-0.05, 0) is 26.7 Å². The molecule has 0 aromatic heterocycles. The molecule has 0 bridgehead atoms. The minimum Gasteiger partial charge on any atom is -0.396 e. The summed E-state index contributed by atoms with van der Waals surface area (Å²) in [5, 5.41) is 11.7. The molecule has 0 aromatic rings. The Morgan fingerprint density at radius 3 is 2.54 bits per heavy atom. The van der Waals surface area contributed by atoms with Crippen molar-refractivity contribution < 1.29 is 9.90 Å². The maximum atomic E-state index is 11.4. The lowest BCUT2D eigenvalue weighted by molar-refractivity contribution is -0.122. The van der Waals surface area contributed by atoms with Gasteiger partial charge in [-0.1, -0.05) is 22.9 Å². The summed E-state index contributed by atoms with van der Waals surface area (Å²) in [5.74, 6) is -0.0298. The molecule has 4 heteroatoms. The lowest BCUT2D eigenvalue weighted by Gasteiger charge is -2.29. The van der Waals surface area contributed by atoms with Crippen LogP contribution in [0.2, 0.25) is 0 Å². The summed E-state index contributed by atoms with van der Waals surface area (Å²) < 4.78 is 0. The van der Waals surface area contributed by atoms with Crippen molar-refractivity contribution >= 4 is 21.8 Å². The van der Waals surface area contributed by atoms with Crippen LogP contribution in [0.3, 0.4) is 0 Å². The molecule has 2 N–H and O–H groups in total. The number of alkyl halides is 1. The minimum atomic E-state index is -0.284. The van der Waals surface area contributed by atoms with Crippen LogP contribution in [0.4, 0.5) is 0 Å². The third-order valence-electron chi connectivity index (χ3n) is 2.23. The number of amides is 1. The Morgan fingerprint density at radius 1 is 1.69 bits per heavy atom. The van der Waals surface area contributed by atoms with Gasteiger partial charge in [0.15, 0.2) is 0 Å². The summed E-state index contributed by atoms with van der Waals surface area (Å²) in [6.07, 6.45) is 1.41. The normalized spacial score (nSPS) is 17.6. The number of aliphatic hydroxyl groups excluding tert-OH is 1. The standard InChI is InChI=1S/C9H18BrNO2/c1-4-9(3,5-6-12)11-8(13)7(2)10/h7,12H,4-6H2,1-3H3,(H,11,13). The third kappa shape index (κ3) is 4.62. The second-order valence-electron chi connectivity index (χ2n) is 3.49. The Bertz CT molecular complexity index is 173. The van der Waals surface area contributed by atoms with Gasteiger partial charge in [0.2, 0.25) is 5.91 Å². The first-order valence-electron chi connectivity index (χ1n) is 4.52. The summed E-state index contributed by atoms with van der Waals surface area (Å²) in [6, 6.07) is 0. The Morgan fingerprint density at radius 2 is 2.23 bits per heavy atom. The maximum absolute atomic E-state index is 11.4. The van der Waals surface area contributed by atoms with Crippen LogP contribution in [0.5, 0.6) is 0 Å². The van der Waals surface area contributed by atoms with E-state index in [-0.39, 0.29) is 22.9 Å². The van der Waals surface area contributed by atoms with Crippen LogP contribution in [0.15, 0.2) is 0 Å². The van der Waals surface area contributed by atoms with Crippen LogP contribution in [-0.2, 0) is 4.79 Å². The molecule has 2 atom stereocenters.